The highest BCUT2D eigenvalue weighted by Crippen LogP contribution is 2.30. The molecule has 2 aliphatic heterocycles. The van der Waals surface area contributed by atoms with Crippen LogP contribution in [0.3, 0.4) is 0 Å². The molecule has 0 aromatic heterocycles. The maximum Gasteiger partial charge on any atom is 0.254 e. The number of rotatable bonds is 5. The van der Waals surface area contributed by atoms with Crippen LogP contribution in [0.5, 0.6) is 5.75 Å². The fourth-order valence-corrected chi connectivity index (χ4v) is 6.31. The molecule has 178 valence electrons. The van der Waals surface area contributed by atoms with Crippen molar-refractivity contribution in [1.82, 2.24) is 9.21 Å². The van der Waals surface area contributed by atoms with Gasteiger partial charge in [-0.2, -0.15) is 4.31 Å². The standard InChI is InChI=1S/C25H33N3O4S/c1-20-8-7-9-22(18-20)26-14-16-27(17-15-26)25(29)21-10-11-23(32-2)24(19-21)33(30,31)28-12-5-3-4-6-13-28/h7-11,18-19H,3-6,12-17H2,1-2H3. The number of anilines is 1. The molecule has 2 aromatic rings. The van der Waals surface area contributed by atoms with E-state index in [0.29, 0.717) is 31.7 Å². The number of methoxy groups -OCH3 is 1. The lowest BCUT2D eigenvalue weighted by Crippen LogP contribution is -2.48. The molecule has 0 unspecified atom stereocenters. The van der Waals surface area contributed by atoms with Crippen LogP contribution < -0.4 is 9.64 Å². The molecule has 2 saturated heterocycles. The number of piperazine rings is 1. The van der Waals surface area contributed by atoms with Crippen LogP contribution in [0.1, 0.15) is 41.6 Å². The summed E-state index contributed by atoms with van der Waals surface area (Å²) in [4.78, 5) is 17.4. The second-order valence-corrected chi connectivity index (χ2v) is 10.7. The van der Waals surface area contributed by atoms with Crippen LogP contribution >= 0.6 is 0 Å². The van der Waals surface area contributed by atoms with E-state index in [1.165, 1.54) is 23.0 Å². The van der Waals surface area contributed by atoms with Crippen molar-refractivity contribution in [2.24, 2.45) is 0 Å². The van der Waals surface area contributed by atoms with Crippen LogP contribution in [0, 0.1) is 6.92 Å². The van der Waals surface area contributed by atoms with Crippen molar-refractivity contribution in [3.05, 3.63) is 53.6 Å². The van der Waals surface area contributed by atoms with E-state index in [4.69, 9.17) is 4.74 Å². The fourth-order valence-electron chi connectivity index (χ4n) is 4.61. The molecule has 1 amide bonds. The molecule has 2 aromatic carbocycles. The zero-order valence-corrected chi connectivity index (χ0v) is 20.3. The predicted octanol–water partition coefficient (Wildman–Crippen LogP) is 3.53. The molecule has 7 nitrogen and oxygen atoms in total. The maximum atomic E-state index is 13.4. The van der Waals surface area contributed by atoms with Crippen LogP contribution in [-0.2, 0) is 10.0 Å². The first kappa shape index (κ1) is 23.6. The van der Waals surface area contributed by atoms with E-state index in [1.807, 2.05) is 6.07 Å². The number of benzene rings is 2. The molecular formula is C25H33N3O4S. The monoisotopic (exact) mass is 471 g/mol. The Balaban J connectivity index is 1.52. The third kappa shape index (κ3) is 5.17. The van der Waals surface area contributed by atoms with Crippen molar-refractivity contribution in [2.75, 3.05) is 51.3 Å². The van der Waals surface area contributed by atoms with Gasteiger partial charge >= 0.3 is 0 Å². The van der Waals surface area contributed by atoms with E-state index in [9.17, 15) is 13.2 Å². The highest BCUT2D eigenvalue weighted by atomic mass is 32.2. The fraction of sp³-hybridized carbons (Fsp3) is 0.480. The van der Waals surface area contributed by atoms with E-state index in [0.717, 1.165) is 44.5 Å². The van der Waals surface area contributed by atoms with Crippen LogP contribution in [0.15, 0.2) is 47.4 Å². The Morgan fingerprint density at radius 3 is 2.21 bits per heavy atom. The normalized spacial score (nSPS) is 18.1. The van der Waals surface area contributed by atoms with Gasteiger partial charge in [-0.3, -0.25) is 4.79 Å². The van der Waals surface area contributed by atoms with E-state index in [2.05, 4.69) is 30.0 Å². The first-order valence-corrected chi connectivity index (χ1v) is 13.1. The lowest BCUT2D eigenvalue weighted by atomic mass is 10.1. The summed E-state index contributed by atoms with van der Waals surface area (Å²) >= 11 is 0. The average Bonchev–Trinajstić information content (AvgIpc) is 3.14. The van der Waals surface area contributed by atoms with Crippen LogP contribution in [0.25, 0.3) is 0 Å². The zero-order valence-electron chi connectivity index (χ0n) is 19.5. The summed E-state index contributed by atoms with van der Waals surface area (Å²) in [6, 6.07) is 13.1. The second-order valence-electron chi connectivity index (χ2n) is 8.80. The first-order chi connectivity index (χ1) is 15.9. The number of amides is 1. The number of carbonyl (C=O) groups is 1. The minimum absolute atomic E-state index is 0.0798. The Kier molecular flexibility index (Phi) is 7.24. The lowest BCUT2D eigenvalue weighted by Gasteiger charge is -2.36. The van der Waals surface area contributed by atoms with Crippen LogP contribution in [0.4, 0.5) is 5.69 Å². The zero-order chi connectivity index (χ0) is 23.4. The van der Waals surface area contributed by atoms with Gasteiger partial charge in [-0.05, 0) is 55.7 Å². The summed E-state index contributed by atoms with van der Waals surface area (Å²) in [5, 5.41) is 0. The van der Waals surface area contributed by atoms with E-state index in [-0.39, 0.29) is 16.6 Å². The summed E-state index contributed by atoms with van der Waals surface area (Å²) in [6.07, 6.45) is 3.78. The lowest BCUT2D eigenvalue weighted by molar-refractivity contribution is 0.0746. The number of hydrogen-bond donors (Lipinski definition) is 0. The Morgan fingerprint density at radius 2 is 1.58 bits per heavy atom. The van der Waals surface area contributed by atoms with E-state index >= 15 is 0 Å². The summed E-state index contributed by atoms with van der Waals surface area (Å²) < 4.78 is 33.7. The largest absolute Gasteiger partial charge is 0.495 e. The van der Waals surface area contributed by atoms with Gasteiger partial charge in [-0.25, -0.2) is 8.42 Å². The van der Waals surface area contributed by atoms with Crippen molar-refractivity contribution in [3.63, 3.8) is 0 Å². The number of carbonyl (C=O) groups excluding carboxylic acids is 1. The molecule has 2 aliphatic rings. The molecule has 0 saturated carbocycles. The molecule has 0 radical (unpaired) electrons. The second kappa shape index (κ2) is 10.1. The Morgan fingerprint density at radius 1 is 0.879 bits per heavy atom. The van der Waals surface area contributed by atoms with Gasteiger partial charge in [0.05, 0.1) is 7.11 Å². The topological polar surface area (TPSA) is 70.2 Å². The molecule has 0 atom stereocenters. The third-order valence-electron chi connectivity index (χ3n) is 6.53. The van der Waals surface area contributed by atoms with Crippen LogP contribution in [-0.4, -0.2) is 69.9 Å². The highest BCUT2D eigenvalue weighted by Gasteiger charge is 2.30. The SMILES string of the molecule is COc1ccc(C(=O)N2CCN(c3cccc(C)c3)CC2)cc1S(=O)(=O)N1CCCCCC1. The third-order valence-corrected chi connectivity index (χ3v) is 8.45. The van der Waals surface area contributed by atoms with Gasteiger partial charge in [-0.15, -0.1) is 0 Å². The minimum Gasteiger partial charge on any atom is -0.495 e. The molecule has 0 spiro atoms. The summed E-state index contributed by atoms with van der Waals surface area (Å²) in [5.41, 5.74) is 2.76. The quantitative estimate of drug-likeness (QED) is 0.667. The average molecular weight is 472 g/mol. The van der Waals surface area contributed by atoms with Gasteiger partial charge in [0.25, 0.3) is 5.91 Å². The van der Waals surface area contributed by atoms with Crippen molar-refractivity contribution in [2.45, 2.75) is 37.5 Å². The Bertz CT molecular complexity index is 1090. The van der Waals surface area contributed by atoms with Gasteiger partial charge in [0.2, 0.25) is 10.0 Å². The maximum absolute atomic E-state index is 13.4. The number of aryl methyl sites for hydroxylation is 1. The molecule has 2 heterocycles. The molecule has 33 heavy (non-hydrogen) atoms. The predicted molar refractivity (Wildman–Crippen MR) is 130 cm³/mol. The van der Waals surface area contributed by atoms with Gasteiger partial charge in [0, 0.05) is 50.5 Å². The van der Waals surface area contributed by atoms with Gasteiger partial charge in [-0.1, -0.05) is 25.0 Å². The number of hydrogen-bond acceptors (Lipinski definition) is 5. The Hall–Kier alpha value is -2.58. The van der Waals surface area contributed by atoms with Crippen molar-refractivity contribution in [3.8, 4) is 5.75 Å². The summed E-state index contributed by atoms with van der Waals surface area (Å²) in [6.45, 7) is 5.74. The molecule has 0 bridgehead atoms. The van der Waals surface area contributed by atoms with E-state index in [1.54, 1.807) is 17.0 Å². The molecular weight excluding hydrogens is 438 g/mol. The van der Waals surface area contributed by atoms with Crippen molar-refractivity contribution >= 4 is 21.6 Å². The highest BCUT2D eigenvalue weighted by molar-refractivity contribution is 7.89. The molecule has 0 N–H and O–H groups in total. The van der Waals surface area contributed by atoms with E-state index < -0.39 is 10.0 Å². The summed E-state index contributed by atoms with van der Waals surface area (Å²) in [7, 11) is -2.27. The first-order valence-electron chi connectivity index (χ1n) is 11.7. The minimum atomic E-state index is -3.73. The Labute approximate surface area is 197 Å². The number of sulfonamides is 1. The van der Waals surface area contributed by atoms with Gasteiger partial charge in [0.1, 0.15) is 10.6 Å². The van der Waals surface area contributed by atoms with Crippen LogP contribution in [0.2, 0.25) is 0 Å². The van der Waals surface area contributed by atoms with Crippen molar-refractivity contribution < 1.29 is 17.9 Å². The van der Waals surface area contributed by atoms with Crippen molar-refractivity contribution in [1.29, 1.82) is 0 Å². The molecule has 4 rings (SSSR count). The van der Waals surface area contributed by atoms with Gasteiger partial charge < -0.3 is 14.5 Å². The van der Waals surface area contributed by atoms with Gasteiger partial charge in [0.15, 0.2) is 0 Å². The smallest absolute Gasteiger partial charge is 0.254 e. The molecule has 2 fully saturated rings. The molecule has 0 aliphatic carbocycles. The summed E-state index contributed by atoms with van der Waals surface area (Å²) in [5.74, 6) is 0.133. The molecule has 8 heteroatoms. The number of nitrogens with zero attached hydrogens (tertiary/aromatic N) is 3. The number of ether oxygens (including phenoxy) is 1.